The van der Waals surface area contributed by atoms with Crippen molar-refractivity contribution in [1.29, 1.82) is 0 Å². The van der Waals surface area contributed by atoms with E-state index in [0.717, 1.165) is 19.6 Å². The summed E-state index contributed by atoms with van der Waals surface area (Å²) in [6.45, 7) is 3.87. The van der Waals surface area contributed by atoms with E-state index in [1.807, 2.05) is 7.05 Å². The third-order valence-electron chi connectivity index (χ3n) is 1.31. The van der Waals surface area contributed by atoms with Crippen molar-refractivity contribution in [3.8, 4) is 0 Å². The molecule has 0 spiro atoms. The Morgan fingerprint density at radius 2 is 2.18 bits per heavy atom. The Kier molecular flexibility index (Phi) is 7.41. The molecule has 0 radical (unpaired) electrons. The predicted molar refractivity (Wildman–Crippen MR) is 44.7 cm³/mol. The molecule has 0 amide bonds. The SMILES string of the molecule is CNCCCOCCC(C)=O. The van der Waals surface area contributed by atoms with E-state index in [4.69, 9.17) is 4.74 Å². The molecule has 0 atom stereocenters. The van der Waals surface area contributed by atoms with Crippen molar-refractivity contribution in [3.63, 3.8) is 0 Å². The first-order valence-electron chi connectivity index (χ1n) is 3.99. The molecule has 11 heavy (non-hydrogen) atoms. The zero-order chi connectivity index (χ0) is 8.53. The Hall–Kier alpha value is -0.410. The van der Waals surface area contributed by atoms with Crippen molar-refractivity contribution in [1.82, 2.24) is 5.32 Å². The highest BCUT2D eigenvalue weighted by Gasteiger charge is 1.92. The number of carbonyl (C=O) groups excluding carboxylic acids is 1. The molecule has 1 N–H and O–H groups in total. The fourth-order valence-corrected chi connectivity index (χ4v) is 0.669. The number of rotatable bonds is 7. The van der Waals surface area contributed by atoms with Gasteiger partial charge < -0.3 is 10.1 Å². The molecule has 0 aliphatic carbocycles. The summed E-state index contributed by atoms with van der Waals surface area (Å²) < 4.78 is 5.19. The number of hydrogen-bond acceptors (Lipinski definition) is 3. The van der Waals surface area contributed by atoms with Gasteiger partial charge in [0.05, 0.1) is 6.61 Å². The Bertz CT molecular complexity index is 104. The molecule has 0 saturated heterocycles. The summed E-state index contributed by atoms with van der Waals surface area (Å²) in [4.78, 5) is 10.4. The van der Waals surface area contributed by atoms with Crippen LogP contribution in [-0.4, -0.2) is 32.6 Å². The van der Waals surface area contributed by atoms with Gasteiger partial charge in [-0.05, 0) is 26.9 Å². The van der Waals surface area contributed by atoms with Gasteiger partial charge in [0.15, 0.2) is 0 Å². The van der Waals surface area contributed by atoms with Crippen LogP contribution in [0.3, 0.4) is 0 Å². The van der Waals surface area contributed by atoms with Gasteiger partial charge in [0.1, 0.15) is 5.78 Å². The van der Waals surface area contributed by atoms with Crippen LogP contribution in [0.2, 0.25) is 0 Å². The maximum absolute atomic E-state index is 10.4. The summed E-state index contributed by atoms with van der Waals surface area (Å²) in [6, 6.07) is 0. The average Bonchev–Trinajstić information content (AvgIpc) is 1.96. The van der Waals surface area contributed by atoms with Crippen LogP contribution in [0.1, 0.15) is 19.8 Å². The van der Waals surface area contributed by atoms with Crippen LogP contribution in [0, 0.1) is 0 Å². The number of hydrogen-bond donors (Lipinski definition) is 1. The van der Waals surface area contributed by atoms with Gasteiger partial charge in [-0.25, -0.2) is 0 Å². The highest BCUT2D eigenvalue weighted by atomic mass is 16.5. The van der Waals surface area contributed by atoms with Crippen molar-refractivity contribution < 1.29 is 9.53 Å². The maximum atomic E-state index is 10.4. The van der Waals surface area contributed by atoms with Gasteiger partial charge in [0.25, 0.3) is 0 Å². The molecule has 0 rings (SSSR count). The van der Waals surface area contributed by atoms with E-state index in [9.17, 15) is 4.79 Å². The standard InChI is InChI=1S/C8H17NO2/c1-8(10)4-7-11-6-3-5-9-2/h9H,3-7H2,1-2H3. The van der Waals surface area contributed by atoms with Crippen molar-refractivity contribution in [2.75, 3.05) is 26.8 Å². The Balaban J connectivity index is 2.85. The molecule has 0 heterocycles. The topological polar surface area (TPSA) is 38.3 Å². The normalized spacial score (nSPS) is 10.0. The quantitative estimate of drug-likeness (QED) is 0.552. The van der Waals surface area contributed by atoms with Crippen LogP contribution in [0.4, 0.5) is 0 Å². The summed E-state index contributed by atoms with van der Waals surface area (Å²) in [5, 5.41) is 3.02. The van der Waals surface area contributed by atoms with Crippen LogP contribution in [0.25, 0.3) is 0 Å². The largest absolute Gasteiger partial charge is 0.381 e. The van der Waals surface area contributed by atoms with Crippen LogP contribution in [0.15, 0.2) is 0 Å². The highest BCUT2D eigenvalue weighted by molar-refractivity contribution is 5.75. The van der Waals surface area contributed by atoms with Gasteiger partial charge in [-0.3, -0.25) is 4.79 Å². The van der Waals surface area contributed by atoms with Crippen LogP contribution in [-0.2, 0) is 9.53 Å². The lowest BCUT2D eigenvalue weighted by Crippen LogP contribution is -2.11. The first-order valence-corrected chi connectivity index (χ1v) is 3.99. The Morgan fingerprint density at radius 3 is 2.73 bits per heavy atom. The lowest BCUT2D eigenvalue weighted by atomic mass is 10.3. The molecule has 66 valence electrons. The minimum absolute atomic E-state index is 0.193. The molecule has 0 bridgehead atoms. The molecule has 0 aliphatic rings. The summed E-state index contributed by atoms with van der Waals surface area (Å²) in [7, 11) is 1.91. The van der Waals surface area contributed by atoms with E-state index >= 15 is 0 Å². The zero-order valence-electron chi connectivity index (χ0n) is 7.35. The van der Waals surface area contributed by atoms with Crippen molar-refractivity contribution in [2.24, 2.45) is 0 Å². The van der Waals surface area contributed by atoms with E-state index in [2.05, 4.69) is 5.32 Å². The van der Waals surface area contributed by atoms with E-state index in [1.54, 1.807) is 6.92 Å². The molecule has 0 aromatic rings. The average molecular weight is 159 g/mol. The monoisotopic (exact) mass is 159 g/mol. The Labute approximate surface area is 68.1 Å². The van der Waals surface area contributed by atoms with Crippen LogP contribution < -0.4 is 5.32 Å². The smallest absolute Gasteiger partial charge is 0.132 e. The second kappa shape index (κ2) is 7.69. The highest BCUT2D eigenvalue weighted by Crippen LogP contribution is 1.86. The number of ether oxygens (including phenoxy) is 1. The minimum Gasteiger partial charge on any atom is -0.381 e. The third-order valence-corrected chi connectivity index (χ3v) is 1.31. The van der Waals surface area contributed by atoms with E-state index in [1.165, 1.54) is 0 Å². The lowest BCUT2D eigenvalue weighted by Gasteiger charge is -2.01. The van der Waals surface area contributed by atoms with E-state index < -0.39 is 0 Å². The predicted octanol–water partition coefficient (Wildman–Crippen LogP) is 0.592. The van der Waals surface area contributed by atoms with Crippen molar-refractivity contribution in [2.45, 2.75) is 19.8 Å². The fraction of sp³-hybridized carbons (Fsp3) is 0.875. The molecule has 0 unspecified atom stereocenters. The molecular weight excluding hydrogens is 142 g/mol. The second-order valence-electron chi connectivity index (χ2n) is 2.52. The molecule has 0 saturated carbocycles. The van der Waals surface area contributed by atoms with Gasteiger partial charge in [0, 0.05) is 13.0 Å². The fourth-order valence-electron chi connectivity index (χ4n) is 0.669. The molecule has 0 aromatic carbocycles. The first-order chi connectivity index (χ1) is 5.27. The van der Waals surface area contributed by atoms with Gasteiger partial charge in [-0.1, -0.05) is 0 Å². The van der Waals surface area contributed by atoms with E-state index in [0.29, 0.717) is 13.0 Å². The van der Waals surface area contributed by atoms with Gasteiger partial charge in [-0.15, -0.1) is 0 Å². The van der Waals surface area contributed by atoms with Gasteiger partial charge in [0.2, 0.25) is 0 Å². The second-order valence-corrected chi connectivity index (χ2v) is 2.52. The molecule has 3 nitrogen and oxygen atoms in total. The summed E-state index contributed by atoms with van der Waals surface area (Å²) in [6.07, 6.45) is 1.55. The molecule has 0 aliphatic heterocycles. The lowest BCUT2D eigenvalue weighted by molar-refractivity contribution is -0.118. The summed E-state index contributed by atoms with van der Waals surface area (Å²) in [5.41, 5.74) is 0. The zero-order valence-corrected chi connectivity index (χ0v) is 7.35. The van der Waals surface area contributed by atoms with Crippen molar-refractivity contribution in [3.05, 3.63) is 0 Å². The number of nitrogens with one attached hydrogen (secondary N) is 1. The maximum Gasteiger partial charge on any atom is 0.132 e. The minimum atomic E-state index is 0.193. The molecular formula is C8H17NO2. The molecule has 0 fully saturated rings. The Morgan fingerprint density at radius 1 is 1.45 bits per heavy atom. The summed E-state index contributed by atoms with van der Waals surface area (Å²) >= 11 is 0. The number of carbonyl (C=O) groups is 1. The molecule has 3 heteroatoms. The first kappa shape index (κ1) is 10.6. The van der Waals surface area contributed by atoms with Gasteiger partial charge >= 0.3 is 0 Å². The van der Waals surface area contributed by atoms with Crippen molar-refractivity contribution >= 4 is 5.78 Å². The van der Waals surface area contributed by atoms with Crippen LogP contribution >= 0.6 is 0 Å². The van der Waals surface area contributed by atoms with Gasteiger partial charge in [-0.2, -0.15) is 0 Å². The van der Waals surface area contributed by atoms with E-state index in [-0.39, 0.29) is 5.78 Å². The number of Topliss-reactive ketones (excluding diaryl/α,β-unsaturated/α-hetero) is 1. The van der Waals surface area contributed by atoms with Crippen LogP contribution in [0.5, 0.6) is 0 Å². The third kappa shape index (κ3) is 9.59. The number of ketones is 1. The molecule has 0 aromatic heterocycles. The summed E-state index contributed by atoms with van der Waals surface area (Å²) in [5.74, 6) is 0.193.